The molecule has 0 aliphatic rings. The zero-order valence-corrected chi connectivity index (χ0v) is 13.2. The van der Waals surface area contributed by atoms with Crippen molar-refractivity contribution in [1.29, 1.82) is 0 Å². The van der Waals surface area contributed by atoms with E-state index in [2.05, 4.69) is 48.2 Å². The fourth-order valence-electron chi connectivity index (χ4n) is 2.75. The minimum Gasteiger partial charge on any atom is -0.259 e. The third kappa shape index (κ3) is 2.93. The van der Waals surface area contributed by atoms with Gasteiger partial charge < -0.3 is 0 Å². The van der Waals surface area contributed by atoms with Crippen LogP contribution in [0.4, 0.5) is 0 Å². The van der Waals surface area contributed by atoms with Gasteiger partial charge in [-0.15, -0.1) is 0 Å². The molecule has 1 heterocycles. The van der Waals surface area contributed by atoms with E-state index in [0.29, 0.717) is 0 Å². The molecule has 2 nitrogen and oxygen atoms in total. The van der Waals surface area contributed by atoms with Crippen molar-refractivity contribution in [3.8, 4) is 11.8 Å². The van der Waals surface area contributed by atoms with Gasteiger partial charge in [0.15, 0.2) is 0 Å². The molecule has 0 atom stereocenters. The van der Waals surface area contributed by atoms with E-state index in [0.717, 1.165) is 28.7 Å². The summed E-state index contributed by atoms with van der Waals surface area (Å²) in [7, 11) is 0. The van der Waals surface area contributed by atoms with E-state index in [-0.39, 0.29) is 0 Å². The van der Waals surface area contributed by atoms with E-state index in [1.807, 2.05) is 53.2 Å². The second-order valence-corrected chi connectivity index (χ2v) is 5.63. The Labute approximate surface area is 141 Å². The lowest BCUT2D eigenvalue weighted by Crippen LogP contribution is -2.01. The molecule has 1 aromatic heterocycles. The largest absolute Gasteiger partial charge is 0.259 e. The zero-order chi connectivity index (χ0) is 16.2. The lowest BCUT2D eigenvalue weighted by atomic mass is 10.2. The van der Waals surface area contributed by atoms with Crippen molar-refractivity contribution in [3.05, 3.63) is 102 Å². The Morgan fingerprint density at radius 3 is 2.17 bits per heavy atom. The lowest BCUT2D eigenvalue weighted by molar-refractivity contribution is 0.709. The maximum absolute atomic E-state index is 4.74. The summed E-state index contributed by atoms with van der Waals surface area (Å²) in [5.41, 5.74) is 4.16. The van der Waals surface area contributed by atoms with Gasteiger partial charge in [0.2, 0.25) is 0 Å². The third-order valence-electron chi connectivity index (χ3n) is 3.93. The zero-order valence-electron chi connectivity index (χ0n) is 13.2. The Morgan fingerprint density at radius 1 is 0.708 bits per heavy atom. The maximum atomic E-state index is 4.74. The van der Waals surface area contributed by atoms with Crippen LogP contribution in [0.3, 0.4) is 0 Å². The highest BCUT2D eigenvalue weighted by Gasteiger charge is 2.08. The fourth-order valence-corrected chi connectivity index (χ4v) is 2.75. The Kier molecular flexibility index (Phi) is 3.83. The summed E-state index contributed by atoms with van der Waals surface area (Å²) in [6.45, 7) is 0.744. The summed E-state index contributed by atoms with van der Waals surface area (Å²) in [5.74, 6) is 6.43. The van der Waals surface area contributed by atoms with Crippen LogP contribution in [0.2, 0.25) is 0 Å². The van der Waals surface area contributed by atoms with Crippen LogP contribution in [0.1, 0.15) is 16.8 Å². The Bertz CT molecular complexity index is 1020. The number of nitrogens with zero attached hydrogens (tertiary/aromatic N) is 2. The van der Waals surface area contributed by atoms with Crippen LogP contribution < -0.4 is 0 Å². The second kappa shape index (κ2) is 6.44. The third-order valence-corrected chi connectivity index (χ3v) is 3.93. The predicted molar refractivity (Wildman–Crippen MR) is 97.7 cm³/mol. The molecular formula is C22H16N2. The first kappa shape index (κ1) is 14.3. The SMILES string of the molecule is C(#Cc1nn(Cc2ccccc2)c2ccccc12)c1ccccc1. The molecule has 0 saturated carbocycles. The van der Waals surface area contributed by atoms with Crippen molar-refractivity contribution >= 4 is 10.9 Å². The van der Waals surface area contributed by atoms with Gasteiger partial charge >= 0.3 is 0 Å². The average molecular weight is 308 g/mol. The number of hydrogen-bond donors (Lipinski definition) is 0. The van der Waals surface area contributed by atoms with Crippen LogP contribution in [0.5, 0.6) is 0 Å². The van der Waals surface area contributed by atoms with Crippen molar-refractivity contribution in [2.75, 3.05) is 0 Å². The molecule has 0 radical (unpaired) electrons. The van der Waals surface area contributed by atoms with E-state index >= 15 is 0 Å². The van der Waals surface area contributed by atoms with Crippen molar-refractivity contribution in [2.45, 2.75) is 6.54 Å². The predicted octanol–water partition coefficient (Wildman–Crippen LogP) is 4.48. The Hall–Kier alpha value is -3.31. The molecule has 0 fully saturated rings. The summed E-state index contributed by atoms with van der Waals surface area (Å²) < 4.78 is 2.03. The minimum atomic E-state index is 0.744. The van der Waals surface area contributed by atoms with Crippen molar-refractivity contribution in [3.63, 3.8) is 0 Å². The molecule has 4 aromatic rings. The highest BCUT2D eigenvalue weighted by molar-refractivity contribution is 5.84. The summed E-state index contributed by atoms with van der Waals surface area (Å²) in [5, 5.41) is 5.84. The van der Waals surface area contributed by atoms with Crippen molar-refractivity contribution in [2.24, 2.45) is 0 Å². The second-order valence-electron chi connectivity index (χ2n) is 5.63. The molecule has 0 aliphatic heterocycles. The standard InChI is InChI=1S/C22H16N2/c1-3-9-18(10-4-1)15-16-21-20-13-7-8-14-22(20)24(23-21)17-19-11-5-2-6-12-19/h1-14H,17H2. The molecule has 114 valence electrons. The number of aromatic nitrogens is 2. The summed E-state index contributed by atoms with van der Waals surface area (Å²) in [6.07, 6.45) is 0. The van der Waals surface area contributed by atoms with Crippen LogP contribution in [0.15, 0.2) is 84.9 Å². The summed E-state index contributed by atoms with van der Waals surface area (Å²) in [4.78, 5) is 0. The van der Waals surface area contributed by atoms with Crippen LogP contribution in [0.25, 0.3) is 10.9 Å². The normalized spacial score (nSPS) is 10.3. The Balaban J connectivity index is 1.76. The molecular weight excluding hydrogens is 292 g/mol. The molecule has 24 heavy (non-hydrogen) atoms. The molecule has 0 amide bonds. The van der Waals surface area contributed by atoms with Crippen molar-refractivity contribution in [1.82, 2.24) is 9.78 Å². The molecule has 0 aliphatic carbocycles. The van der Waals surface area contributed by atoms with E-state index in [1.54, 1.807) is 0 Å². The maximum Gasteiger partial charge on any atom is 0.143 e. The first-order chi connectivity index (χ1) is 11.9. The van der Waals surface area contributed by atoms with Crippen molar-refractivity contribution < 1.29 is 0 Å². The first-order valence-corrected chi connectivity index (χ1v) is 7.97. The molecule has 0 bridgehead atoms. The van der Waals surface area contributed by atoms with Gasteiger partial charge in [0.25, 0.3) is 0 Å². The molecule has 0 saturated heterocycles. The summed E-state index contributed by atoms with van der Waals surface area (Å²) >= 11 is 0. The smallest absolute Gasteiger partial charge is 0.143 e. The van der Waals surface area contributed by atoms with Gasteiger partial charge in [0, 0.05) is 10.9 Å². The fraction of sp³-hybridized carbons (Fsp3) is 0.0455. The molecule has 4 rings (SSSR count). The van der Waals surface area contributed by atoms with Gasteiger partial charge in [0.1, 0.15) is 5.69 Å². The minimum absolute atomic E-state index is 0.744. The molecule has 2 heteroatoms. The van der Waals surface area contributed by atoms with Crippen LogP contribution in [-0.2, 0) is 6.54 Å². The van der Waals surface area contributed by atoms with Gasteiger partial charge in [-0.05, 0) is 35.7 Å². The molecule has 0 unspecified atom stereocenters. The number of rotatable bonds is 2. The number of benzene rings is 3. The number of para-hydroxylation sites is 1. The first-order valence-electron chi connectivity index (χ1n) is 7.97. The van der Waals surface area contributed by atoms with E-state index in [9.17, 15) is 0 Å². The van der Waals surface area contributed by atoms with Gasteiger partial charge in [0.05, 0.1) is 12.1 Å². The highest BCUT2D eigenvalue weighted by atomic mass is 15.3. The van der Waals surface area contributed by atoms with E-state index in [4.69, 9.17) is 5.10 Å². The molecule has 0 N–H and O–H groups in total. The van der Waals surface area contributed by atoms with Gasteiger partial charge in [-0.2, -0.15) is 5.10 Å². The van der Waals surface area contributed by atoms with Crippen LogP contribution in [-0.4, -0.2) is 9.78 Å². The molecule has 0 spiro atoms. The van der Waals surface area contributed by atoms with Gasteiger partial charge in [-0.1, -0.05) is 66.6 Å². The van der Waals surface area contributed by atoms with E-state index < -0.39 is 0 Å². The monoisotopic (exact) mass is 308 g/mol. The van der Waals surface area contributed by atoms with Crippen LogP contribution in [0, 0.1) is 11.8 Å². The van der Waals surface area contributed by atoms with Gasteiger partial charge in [-0.25, -0.2) is 0 Å². The van der Waals surface area contributed by atoms with Gasteiger partial charge in [-0.3, -0.25) is 4.68 Å². The van der Waals surface area contributed by atoms with E-state index in [1.165, 1.54) is 5.56 Å². The number of hydrogen-bond acceptors (Lipinski definition) is 1. The average Bonchev–Trinajstić information content (AvgIpc) is 3.00. The quantitative estimate of drug-likeness (QED) is 0.499. The topological polar surface area (TPSA) is 17.8 Å². The summed E-state index contributed by atoms with van der Waals surface area (Å²) in [6, 6.07) is 28.6. The number of fused-ring (bicyclic) bond motifs is 1. The Morgan fingerprint density at radius 2 is 1.38 bits per heavy atom. The molecule has 3 aromatic carbocycles. The highest BCUT2D eigenvalue weighted by Crippen LogP contribution is 2.19. The lowest BCUT2D eigenvalue weighted by Gasteiger charge is -2.03. The van der Waals surface area contributed by atoms with Crippen LogP contribution >= 0.6 is 0 Å².